The summed E-state index contributed by atoms with van der Waals surface area (Å²) in [5.41, 5.74) is 1.03. The third-order valence-electron chi connectivity index (χ3n) is 5.05. The minimum Gasteiger partial charge on any atom is -0.486 e. The zero-order chi connectivity index (χ0) is 14.2. The number of hydrogen-bond acceptors (Lipinski definition) is 2. The second-order valence-electron chi connectivity index (χ2n) is 6.16. The van der Waals surface area contributed by atoms with E-state index in [9.17, 15) is 4.39 Å². The molecule has 0 amide bonds. The van der Waals surface area contributed by atoms with Crippen molar-refractivity contribution in [3.05, 3.63) is 29.6 Å². The smallest absolute Gasteiger partial charge is 0.127 e. The monoisotopic (exact) mass is 277 g/mol. The molecule has 3 atom stereocenters. The highest BCUT2D eigenvalue weighted by Gasteiger charge is 2.48. The van der Waals surface area contributed by atoms with Crippen molar-refractivity contribution in [1.82, 2.24) is 5.32 Å². The van der Waals surface area contributed by atoms with E-state index in [0.717, 1.165) is 37.1 Å². The predicted molar refractivity (Wildman–Crippen MR) is 78.4 cm³/mol. The standard InChI is InChI=1S/C17H24FNO/c1-3-12-6-5-9-17(12)11-15(19-4-2)14-8-7-13(18)10-16(14)20-17/h7-8,10,12,15,19H,3-6,9,11H2,1-2H3. The van der Waals surface area contributed by atoms with E-state index in [1.807, 2.05) is 6.07 Å². The fraction of sp³-hybridized carbons (Fsp3) is 0.647. The van der Waals surface area contributed by atoms with Gasteiger partial charge in [0.25, 0.3) is 0 Å². The Bertz CT molecular complexity index is 490. The van der Waals surface area contributed by atoms with Gasteiger partial charge in [-0.1, -0.05) is 19.9 Å². The Hall–Kier alpha value is -1.09. The van der Waals surface area contributed by atoms with Gasteiger partial charge in [0.15, 0.2) is 0 Å². The molecule has 20 heavy (non-hydrogen) atoms. The van der Waals surface area contributed by atoms with Crippen LogP contribution < -0.4 is 10.1 Å². The highest BCUT2D eigenvalue weighted by atomic mass is 19.1. The van der Waals surface area contributed by atoms with Crippen LogP contribution >= 0.6 is 0 Å². The molecule has 3 heteroatoms. The first-order valence-electron chi connectivity index (χ1n) is 7.90. The number of rotatable bonds is 3. The van der Waals surface area contributed by atoms with E-state index < -0.39 is 0 Å². The third-order valence-corrected chi connectivity index (χ3v) is 5.05. The summed E-state index contributed by atoms with van der Waals surface area (Å²) in [6.45, 7) is 5.29. The lowest BCUT2D eigenvalue weighted by Gasteiger charge is -2.43. The second kappa shape index (κ2) is 5.36. The van der Waals surface area contributed by atoms with Crippen LogP contribution in [0.2, 0.25) is 0 Å². The van der Waals surface area contributed by atoms with Gasteiger partial charge in [0.1, 0.15) is 17.2 Å². The average Bonchev–Trinajstić information content (AvgIpc) is 2.80. The maximum absolute atomic E-state index is 13.6. The van der Waals surface area contributed by atoms with Crippen LogP contribution in [0.25, 0.3) is 0 Å². The molecule has 0 radical (unpaired) electrons. The topological polar surface area (TPSA) is 21.3 Å². The molecule has 2 nitrogen and oxygen atoms in total. The van der Waals surface area contributed by atoms with Crippen molar-refractivity contribution in [2.45, 2.75) is 57.6 Å². The summed E-state index contributed by atoms with van der Waals surface area (Å²) in [6, 6.07) is 5.26. The molecule has 1 aliphatic carbocycles. The van der Waals surface area contributed by atoms with Crippen LogP contribution in [0.3, 0.4) is 0 Å². The molecule has 110 valence electrons. The zero-order valence-corrected chi connectivity index (χ0v) is 12.4. The third kappa shape index (κ3) is 2.22. The summed E-state index contributed by atoms with van der Waals surface area (Å²) in [5.74, 6) is 1.14. The molecule has 3 rings (SSSR count). The van der Waals surface area contributed by atoms with Gasteiger partial charge in [-0.25, -0.2) is 4.39 Å². The lowest BCUT2D eigenvalue weighted by molar-refractivity contribution is -0.00564. The average molecular weight is 277 g/mol. The number of fused-ring (bicyclic) bond motifs is 1. The lowest BCUT2D eigenvalue weighted by Crippen LogP contribution is -2.46. The Morgan fingerprint density at radius 3 is 3.00 bits per heavy atom. The van der Waals surface area contributed by atoms with Gasteiger partial charge in [-0.05, 0) is 44.2 Å². The van der Waals surface area contributed by atoms with Crippen molar-refractivity contribution in [3.8, 4) is 5.75 Å². The molecule has 1 aromatic carbocycles. The molecule has 1 aromatic rings. The Morgan fingerprint density at radius 2 is 2.25 bits per heavy atom. The minimum absolute atomic E-state index is 0.0810. The Kier molecular flexibility index (Phi) is 3.72. The van der Waals surface area contributed by atoms with Crippen LogP contribution in [0.1, 0.15) is 57.6 Å². The molecule has 1 fully saturated rings. The molecule has 1 spiro atoms. The molecule has 0 aromatic heterocycles. The van der Waals surface area contributed by atoms with E-state index in [4.69, 9.17) is 4.74 Å². The summed E-state index contributed by atoms with van der Waals surface area (Å²) >= 11 is 0. The predicted octanol–water partition coefficient (Wildman–Crippen LogP) is 4.21. The van der Waals surface area contributed by atoms with Gasteiger partial charge >= 0.3 is 0 Å². The van der Waals surface area contributed by atoms with Crippen LogP contribution in [-0.2, 0) is 0 Å². The summed E-state index contributed by atoms with van der Waals surface area (Å²) in [5, 5.41) is 3.55. The number of halogens is 1. The molecule has 0 bridgehead atoms. The van der Waals surface area contributed by atoms with Crippen LogP contribution in [0.4, 0.5) is 4.39 Å². The first-order chi connectivity index (χ1) is 9.68. The molecular weight excluding hydrogens is 253 g/mol. The first-order valence-corrected chi connectivity index (χ1v) is 7.90. The van der Waals surface area contributed by atoms with E-state index in [1.54, 1.807) is 6.07 Å². The SMILES string of the molecule is CCNC1CC2(CCCC2CC)Oc2cc(F)ccc21. The quantitative estimate of drug-likeness (QED) is 0.893. The number of benzene rings is 1. The van der Waals surface area contributed by atoms with Crippen LogP contribution in [0, 0.1) is 11.7 Å². The summed E-state index contributed by atoms with van der Waals surface area (Å²) < 4.78 is 19.9. The number of hydrogen-bond donors (Lipinski definition) is 1. The lowest BCUT2D eigenvalue weighted by atomic mass is 9.79. The van der Waals surface area contributed by atoms with E-state index in [1.165, 1.54) is 18.9 Å². The van der Waals surface area contributed by atoms with Crippen molar-refractivity contribution in [2.24, 2.45) is 5.92 Å². The molecule has 0 saturated heterocycles. The molecule has 1 saturated carbocycles. The molecule has 1 aliphatic heterocycles. The largest absolute Gasteiger partial charge is 0.486 e. The molecular formula is C17H24FNO. The summed E-state index contributed by atoms with van der Waals surface area (Å²) in [6.07, 6.45) is 5.72. The van der Waals surface area contributed by atoms with Crippen molar-refractivity contribution in [1.29, 1.82) is 0 Å². The fourth-order valence-corrected chi connectivity index (χ4v) is 4.12. The highest BCUT2D eigenvalue weighted by molar-refractivity contribution is 5.40. The van der Waals surface area contributed by atoms with Crippen molar-refractivity contribution in [2.75, 3.05) is 6.54 Å². The molecule has 1 N–H and O–H groups in total. The van der Waals surface area contributed by atoms with Gasteiger partial charge in [0.2, 0.25) is 0 Å². The fourth-order valence-electron chi connectivity index (χ4n) is 4.12. The minimum atomic E-state index is -0.206. The molecule has 1 heterocycles. The maximum atomic E-state index is 13.6. The summed E-state index contributed by atoms with van der Waals surface area (Å²) in [7, 11) is 0. The Labute approximate surface area is 120 Å². The van der Waals surface area contributed by atoms with E-state index in [-0.39, 0.29) is 17.5 Å². The highest BCUT2D eigenvalue weighted by Crippen LogP contribution is 2.50. The van der Waals surface area contributed by atoms with Gasteiger partial charge in [-0.3, -0.25) is 0 Å². The van der Waals surface area contributed by atoms with Crippen molar-refractivity contribution in [3.63, 3.8) is 0 Å². The van der Waals surface area contributed by atoms with Gasteiger partial charge in [-0.2, -0.15) is 0 Å². The summed E-state index contributed by atoms with van der Waals surface area (Å²) in [4.78, 5) is 0. The van der Waals surface area contributed by atoms with E-state index in [2.05, 4.69) is 19.2 Å². The normalized spacial score (nSPS) is 32.1. The van der Waals surface area contributed by atoms with Crippen molar-refractivity contribution >= 4 is 0 Å². The van der Waals surface area contributed by atoms with E-state index in [0.29, 0.717) is 5.92 Å². The Morgan fingerprint density at radius 1 is 1.40 bits per heavy atom. The van der Waals surface area contributed by atoms with Crippen molar-refractivity contribution < 1.29 is 9.13 Å². The van der Waals surface area contributed by atoms with Gasteiger partial charge in [0, 0.05) is 24.1 Å². The van der Waals surface area contributed by atoms with Gasteiger partial charge < -0.3 is 10.1 Å². The van der Waals surface area contributed by atoms with Crippen LogP contribution in [-0.4, -0.2) is 12.1 Å². The molecule has 3 unspecified atom stereocenters. The zero-order valence-electron chi connectivity index (χ0n) is 12.4. The number of ether oxygens (including phenoxy) is 1. The first kappa shape index (κ1) is 13.9. The molecule has 2 aliphatic rings. The van der Waals surface area contributed by atoms with Gasteiger partial charge in [0.05, 0.1) is 0 Å². The van der Waals surface area contributed by atoms with Gasteiger partial charge in [-0.15, -0.1) is 0 Å². The van der Waals surface area contributed by atoms with E-state index >= 15 is 0 Å². The van der Waals surface area contributed by atoms with Crippen LogP contribution in [0.5, 0.6) is 5.75 Å². The number of nitrogens with one attached hydrogen (secondary N) is 1. The maximum Gasteiger partial charge on any atom is 0.127 e. The van der Waals surface area contributed by atoms with Crippen LogP contribution in [0.15, 0.2) is 18.2 Å². The Balaban J connectivity index is 1.99. The second-order valence-corrected chi connectivity index (χ2v) is 6.16.